The summed E-state index contributed by atoms with van der Waals surface area (Å²) in [5, 5.41) is 12.6. The van der Waals surface area contributed by atoms with Gasteiger partial charge in [0.05, 0.1) is 12.1 Å². The van der Waals surface area contributed by atoms with Crippen LogP contribution in [0, 0.1) is 0 Å². The van der Waals surface area contributed by atoms with Gasteiger partial charge in [0.15, 0.2) is 0 Å². The summed E-state index contributed by atoms with van der Waals surface area (Å²) in [7, 11) is 0. The van der Waals surface area contributed by atoms with E-state index in [1.165, 1.54) is 0 Å². The second kappa shape index (κ2) is 3.87. The number of amides is 1. The lowest BCUT2D eigenvalue weighted by atomic mass is 10.0. The Morgan fingerprint density at radius 2 is 2.08 bits per heavy atom. The summed E-state index contributed by atoms with van der Waals surface area (Å²) < 4.78 is 0. The molecule has 0 aromatic heterocycles. The molecule has 12 heavy (non-hydrogen) atoms. The van der Waals surface area contributed by atoms with Gasteiger partial charge in [-0.05, 0) is 12.8 Å². The summed E-state index contributed by atoms with van der Waals surface area (Å²) in [6, 6.07) is 0. The van der Waals surface area contributed by atoms with Crippen molar-refractivity contribution in [2.24, 2.45) is 5.73 Å². The minimum Gasteiger partial charge on any atom is -0.389 e. The van der Waals surface area contributed by atoms with E-state index >= 15 is 0 Å². The summed E-state index contributed by atoms with van der Waals surface area (Å²) in [5.41, 5.74) is 4.35. The number of nitrogens with one attached hydrogen (secondary N) is 1. The molecular formula is C8H16N2O2. The molecule has 1 fully saturated rings. The highest BCUT2D eigenvalue weighted by Gasteiger charge is 2.30. The molecule has 1 amide bonds. The van der Waals surface area contributed by atoms with Gasteiger partial charge in [0.2, 0.25) is 5.91 Å². The minimum absolute atomic E-state index is 0.155. The number of hydrogen-bond donors (Lipinski definition) is 3. The van der Waals surface area contributed by atoms with Crippen LogP contribution in [0.25, 0.3) is 0 Å². The van der Waals surface area contributed by atoms with Gasteiger partial charge in [-0.25, -0.2) is 0 Å². The van der Waals surface area contributed by atoms with Crippen molar-refractivity contribution >= 4 is 5.91 Å². The lowest BCUT2D eigenvalue weighted by molar-refractivity contribution is -0.117. The lowest BCUT2D eigenvalue weighted by Crippen LogP contribution is -2.41. The van der Waals surface area contributed by atoms with Crippen LogP contribution in [0.4, 0.5) is 0 Å². The molecule has 0 unspecified atom stereocenters. The Morgan fingerprint density at radius 1 is 1.50 bits per heavy atom. The maximum atomic E-state index is 10.4. The molecule has 1 aliphatic rings. The molecule has 0 aromatic carbocycles. The van der Waals surface area contributed by atoms with Crippen LogP contribution in [0.5, 0.6) is 0 Å². The Labute approximate surface area is 72.1 Å². The summed E-state index contributed by atoms with van der Waals surface area (Å²) >= 11 is 0. The first-order valence-electron chi connectivity index (χ1n) is 4.34. The molecule has 4 N–H and O–H groups in total. The fourth-order valence-corrected chi connectivity index (χ4v) is 1.63. The number of hydrogen-bond acceptors (Lipinski definition) is 3. The van der Waals surface area contributed by atoms with Crippen LogP contribution in [-0.4, -0.2) is 29.7 Å². The van der Waals surface area contributed by atoms with E-state index in [0.717, 1.165) is 25.7 Å². The molecule has 4 nitrogen and oxygen atoms in total. The first-order valence-corrected chi connectivity index (χ1v) is 4.34. The van der Waals surface area contributed by atoms with Crippen LogP contribution in [0.1, 0.15) is 25.7 Å². The molecule has 0 heterocycles. The summed E-state index contributed by atoms with van der Waals surface area (Å²) in [5.74, 6) is -0.378. The Morgan fingerprint density at radius 3 is 2.58 bits per heavy atom. The summed E-state index contributed by atoms with van der Waals surface area (Å²) in [4.78, 5) is 10.4. The maximum Gasteiger partial charge on any atom is 0.231 e. The molecule has 1 saturated carbocycles. The van der Waals surface area contributed by atoms with Gasteiger partial charge in [-0.2, -0.15) is 0 Å². The van der Waals surface area contributed by atoms with Gasteiger partial charge in [0.25, 0.3) is 0 Å². The predicted octanol–water partition coefficient (Wildman–Crippen LogP) is -0.634. The third-order valence-corrected chi connectivity index (χ3v) is 2.29. The number of carbonyl (C=O) groups is 1. The zero-order chi connectivity index (χ0) is 9.03. The largest absolute Gasteiger partial charge is 0.389 e. The molecule has 0 spiro atoms. The molecule has 1 aliphatic carbocycles. The first kappa shape index (κ1) is 9.48. The van der Waals surface area contributed by atoms with Crippen molar-refractivity contribution in [3.8, 4) is 0 Å². The number of nitrogens with two attached hydrogens (primary N) is 1. The van der Waals surface area contributed by atoms with Crippen molar-refractivity contribution in [2.45, 2.75) is 31.3 Å². The van der Waals surface area contributed by atoms with Crippen molar-refractivity contribution < 1.29 is 9.90 Å². The Balaban J connectivity index is 2.17. The van der Waals surface area contributed by atoms with E-state index in [9.17, 15) is 9.90 Å². The highest BCUT2D eigenvalue weighted by Crippen LogP contribution is 2.28. The zero-order valence-corrected chi connectivity index (χ0v) is 7.18. The highest BCUT2D eigenvalue weighted by molar-refractivity contribution is 5.75. The lowest BCUT2D eigenvalue weighted by Gasteiger charge is -2.21. The number of primary amides is 1. The van der Waals surface area contributed by atoms with E-state index in [-0.39, 0.29) is 12.5 Å². The van der Waals surface area contributed by atoms with Crippen LogP contribution >= 0.6 is 0 Å². The average Bonchev–Trinajstić information content (AvgIpc) is 2.35. The van der Waals surface area contributed by atoms with Crippen molar-refractivity contribution in [2.75, 3.05) is 13.1 Å². The van der Waals surface area contributed by atoms with E-state index in [2.05, 4.69) is 5.32 Å². The van der Waals surface area contributed by atoms with E-state index in [1.54, 1.807) is 0 Å². The van der Waals surface area contributed by atoms with Gasteiger partial charge in [0, 0.05) is 6.54 Å². The van der Waals surface area contributed by atoms with Crippen molar-refractivity contribution in [1.29, 1.82) is 0 Å². The molecule has 70 valence electrons. The van der Waals surface area contributed by atoms with Gasteiger partial charge in [-0.15, -0.1) is 0 Å². The fraction of sp³-hybridized carbons (Fsp3) is 0.875. The third-order valence-electron chi connectivity index (χ3n) is 2.29. The van der Waals surface area contributed by atoms with Crippen LogP contribution < -0.4 is 11.1 Å². The van der Waals surface area contributed by atoms with Gasteiger partial charge < -0.3 is 16.2 Å². The number of carbonyl (C=O) groups excluding carboxylic acids is 1. The van der Waals surface area contributed by atoms with Crippen molar-refractivity contribution in [3.05, 3.63) is 0 Å². The molecule has 4 heteroatoms. The standard InChI is InChI=1S/C8H16N2O2/c9-7(11)5-10-6-8(12)3-1-2-4-8/h10,12H,1-6H2,(H2,9,11). The molecule has 0 atom stereocenters. The van der Waals surface area contributed by atoms with Gasteiger partial charge >= 0.3 is 0 Å². The van der Waals surface area contributed by atoms with Crippen LogP contribution in [0.2, 0.25) is 0 Å². The highest BCUT2D eigenvalue weighted by atomic mass is 16.3. The zero-order valence-electron chi connectivity index (χ0n) is 7.18. The fourth-order valence-electron chi connectivity index (χ4n) is 1.63. The Bertz CT molecular complexity index is 164. The molecule has 0 bridgehead atoms. The Hall–Kier alpha value is -0.610. The third kappa shape index (κ3) is 2.79. The minimum atomic E-state index is -0.588. The van der Waals surface area contributed by atoms with Gasteiger partial charge in [-0.3, -0.25) is 4.79 Å². The average molecular weight is 172 g/mol. The first-order chi connectivity index (χ1) is 5.62. The van der Waals surface area contributed by atoms with E-state index in [4.69, 9.17) is 5.73 Å². The van der Waals surface area contributed by atoms with Crippen LogP contribution in [0.3, 0.4) is 0 Å². The molecule has 0 aliphatic heterocycles. The normalized spacial score (nSPS) is 21.1. The van der Waals surface area contributed by atoms with Crippen molar-refractivity contribution in [3.63, 3.8) is 0 Å². The second-order valence-electron chi connectivity index (χ2n) is 3.50. The number of rotatable bonds is 4. The summed E-state index contributed by atoms with van der Waals surface area (Å²) in [6.07, 6.45) is 3.82. The second-order valence-corrected chi connectivity index (χ2v) is 3.50. The monoisotopic (exact) mass is 172 g/mol. The Kier molecular flexibility index (Phi) is 3.05. The SMILES string of the molecule is NC(=O)CNCC1(O)CCCC1. The molecule has 1 rings (SSSR count). The van der Waals surface area contributed by atoms with Crippen LogP contribution in [0.15, 0.2) is 0 Å². The van der Waals surface area contributed by atoms with Crippen molar-refractivity contribution in [1.82, 2.24) is 5.32 Å². The van der Waals surface area contributed by atoms with Crippen LogP contribution in [-0.2, 0) is 4.79 Å². The molecule has 0 radical (unpaired) electrons. The van der Waals surface area contributed by atoms with Gasteiger partial charge in [-0.1, -0.05) is 12.8 Å². The molecular weight excluding hydrogens is 156 g/mol. The predicted molar refractivity (Wildman–Crippen MR) is 45.5 cm³/mol. The summed E-state index contributed by atoms with van der Waals surface area (Å²) in [6.45, 7) is 0.637. The van der Waals surface area contributed by atoms with E-state index < -0.39 is 5.60 Å². The quantitative estimate of drug-likeness (QED) is 0.528. The van der Waals surface area contributed by atoms with Gasteiger partial charge in [0.1, 0.15) is 0 Å². The van der Waals surface area contributed by atoms with E-state index in [0.29, 0.717) is 6.54 Å². The topological polar surface area (TPSA) is 75.4 Å². The number of aliphatic hydroxyl groups is 1. The molecule has 0 saturated heterocycles. The molecule has 0 aromatic rings. The maximum absolute atomic E-state index is 10.4. The van der Waals surface area contributed by atoms with E-state index in [1.807, 2.05) is 0 Å². The smallest absolute Gasteiger partial charge is 0.231 e.